The van der Waals surface area contributed by atoms with Crippen molar-refractivity contribution >= 4 is 44.1 Å². The second kappa shape index (κ2) is 16.0. The van der Waals surface area contributed by atoms with Crippen molar-refractivity contribution < 1.29 is 19.4 Å². The Balaban J connectivity index is 0.000000408. The lowest BCUT2D eigenvalue weighted by molar-refractivity contribution is -0.139. The number of ether oxygens (including phenoxy) is 1. The van der Waals surface area contributed by atoms with E-state index in [4.69, 9.17) is 0 Å². The van der Waals surface area contributed by atoms with E-state index in [1.807, 2.05) is 42.5 Å². The molecule has 6 heteroatoms. The van der Waals surface area contributed by atoms with Gasteiger partial charge in [0.15, 0.2) is 6.29 Å². The Kier molecular flexibility index (Phi) is 14.8. The van der Waals surface area contributed by atoms with E-state index in [-0.39, 0.29) is 5.97 Å². The van der Waals surface area contributed by atoms with Crippen LogP contribution in [0.25, 0.3) is 0 Å². The first kappa shape index (κ1) is 26.0. The molecule has 1 atom stereocenters. The van der Waals surface area contributed by atoms with Crippen LogP contribution in [0.2, 0.25) is 0 Å². The lowest BCUT2D eigenvalue weighted by atomic mass is 10.1. The summed E-state index contributed by atoms with van der Waals surface area (Å²) in [6.07, 6.45) is 4.20. The zero-order chi connectivity index (χ0) is 21.4. The standard InChI is InChI=1S/C10H11BrO.C7H5BrO.C5H8O2/c1-2-5-10(12)8-6-3-4-7-9(8)11;8-7-4-2-1-3-6(7)5-9;1-3-4-7-5(2)6/h2-4,6-7,10,12H,1,5H2;1-5H;3H,1,4H2,2H3. The molecule has 2 rings (SSSR count). The van der Waals surface area contributed by atoms with Crippen LogP contribution in [0.15, 0.2) is 82.8 Å². The predicted octanol–water partition coefficient (Wildman–Crippen LogP) is 6.06. The molecule has 0 heterocycles. The molecule has 1 N–H and O–H groups in total. The van der Waals surface area contributed by atoms with Gasteiger partial charge in [0, 0.05) is 21.4 Å². The maximum Gasteiger partial charge on any atom is 0.302 e. The number of carbonyl (C=O) groups is 2. The highest BCUT2D eigenvalue weighted by molar-refractivity contribution is 9.10. The van der Waals surface area contributed by atoms with Crippen LogP contribution in [0.1, 0.15) is 35.4 Å². The van der Waals surface area contributed by atoms with Crippen molar-refractivity contribution in [1.82, 2.24) is 0 Å². The van der Waals surface area contributed by atoms with Gasteiger partial charge in [-0.2, -0.15) is 0 Å². The number of benzene rings is 2. The number of aldehydes is 1. The van der Waals surface area contributed by atoms with E-state index in [1.54, 1.807) is 12.1 Å². The number of carbonyl (C=O) groups excluding carboxylic acids is 2. The predicted molar refractivity (Wildman–Crippen MR) is 120 cm³/mol. The highest BCUT2D eigenvalue weighted by Crippen LogP contribution is 2.25. The summed E-state index contributed by atoms with van der Waals surface area (Å²) >= 11 is 6.60. The van der Waals surface area contributed by atoms with Gasteiger partial charge in [-0.15, -0.1) is 6.58 Å². The Morgan fingerprint density at radius 3 is 2.04 bits per heavy atom. The van der Waals surface area contributed by atoms with Crippen LogP contribution in [0, 0.1) is 0 Å². The van der Waals surface area contributed by atoms with E-state index in [0.717, 1.165) is 20.8 Å². The first-order valence-electron chi connectivity index (χ1n) is 8.34. The van der Waals surface area contributed by atoms with Crippen molar-refractivity contribution in [2.75, 3.05) is 6.61 Å². The summed E-state index contributed by atoms with van der Waals surface area (Å²) in [6, 6.07) is 15.0. The third kappa shape index (κ3) is 11.6. The lowest BCUT2D eigenvalue weighted by Gasteiger charge is -2.09. The number of hydrogen-bond acceptors (Lipinski definition) is 4. The number of esters is 1. The largest absolute Gasteiger partial charge is 0.462 e. The number of halogens is 2. The summed E-state index contributed by atoms with van der Waals surface area (Å²) in [7, 11) is 0. The summed E-state index contributed by atoms with van der Waals surface area (Å²) in [5.41, 5.74) is 1.61. The molecule has 0 aliphatic carbocycles. The topological polar surface area (TPSA) is 63.6 Å². The van der Waals surface area contributed by atoms with Crippen molar-refractivity contribution in [2.24, 2.45) is 0 Å². The minimum Gasteiger partial charge on any atom is -0.462 e. The molecule has 0 saturated carbocycles. The van der Waals surface area contributed by atoms with Crippen molar-refractivity contribution in [3.05, 3.63) is 93.9 Å². The minimum absolute atomic E-state index is 0.264. The average Bonchev–Trinajstić information content (AvgIpc) is 2.68. The molecule has 0 amide bonds. The second-order valence-corrected chi connectivity index (χ2v) is 7.00. The van der Waals surface area contributed by atoms with Crippen LogP contribution in [0.3, 0.4) is 0 Å². The normalized spacial score (nSPS) is 10.1. The van der Waals surface area contributed by atoms with Crippen molar-refractivity contribution in [1.29, 1.82) is 0 Å². The highest BCUT2D eigenvalue weighted by atomic mass is 79.9. The van der Waals surface area contributed by atoms with Gasteiger partial charge in [-0.1, -0.05) is 87.0 Å². The fourth-order valence-electron chi connectivity index (χ4n) is 1.78. The molecule has 150 valence electrons. The van der Waals surface area contributed by atoms with Crippen LogP contribution < -0.4 is 0 Å². The Morgan fingerprint density at radius 1 is 1.07 bits per heavy atom. The monoisotopic (exact) mass is 510 g/mol. The molecule has 28 heavy (non-hydrogen) atoms. The average molecular weight is 512 g/mol. The highest BCUT2D eigenvalue weighted by Gasteiger charge is 2.07. The molecule has 0 spiro atoms. The van der Waals surface area contributed by atoms with Crippen LogP contribution >= 0.6 is 31.9 Å². The van der Waals surface area contributed by atoms with Crippen LogP contribution in [-0.4, -0.2) is 24.0 Å². The summed E-state index contributed by atoms with van der Waals surface area (Å²) in [4.78, 5) is 20.1. The Labute approximate surface area is 183 Å². The first-order valence-corrected chi connectivity index (χ1v) is 9.93. The zero-order valence-corrected chi connectivity index (χ0v) is 18.9. The van der Waals surface area contributed by atoms with E-state index in [1.165, 1.54) is 13.0 Å². The van der Waals surface area contributed by atoms with E-state index >= 15 is 0 Å². The van der Waals surface area contributed by atoms with Gasteiger partial charge in [0.2, 0.25) is 0 Å². The van der Waals surface area contributed by atoms with Gasteiger partial charge < -0.3 is 9.84 Å². The molecule has 0 bridgehead atoms. The van der Waals surface area contributed by atoms with Gasteiger partial charge in [-0.25, -0.2) is 0 Å². The summed E-state index contributed by atoms with van der Waals surface area (Å²) in [5, 5.41) is 9.60. The minimum atomic E-state index is -0.446. The molecule has 0 radical (unpaired) electrons. The number of rotatable bonds is 6. The molecule has 2 aromatic carbocycles. The van der Waals surface area contributed by atoms with E-state index in [2.05, 4.69) is 49.8 Å². The summed E-state index contributed by atoms with van der Waals surface area (Å²) in [6.45, 7) is 8.62. The fourth-order valence-corrected chi connectivity index (χ4v) is 2.70. The van der Waals surface area contributed by atoms with Crippen molar-refractivity contribution in [2.45, 2.75) is 19.4 Å². The van der Waals surface area contributed by atoms with Crippen LogP contribution in [0.5, 0.6) is 0 Å². The molecule has 0 aliphatic heterocycles. The fraction of sp³-hybridized carbons (Fsp3) is 0.182. The number of hydrogen-bond donors (Lipinski definition) is 1. The molecule has 4 nitrogen and oxygen atoms in total. The maximum absolute atomic E-state index is 10.2. The Bertz CT molecular complexity index is 760. The van der Waals surface area contributed by atoms with E-state index in [0.29, 0.717) is 18.6 Å². The Morgan fingerprint density at radius 2 is 1.64 bits per heavy atom. The SMILES string of the molecule is C=CCC(O)c1ccccc1Br.C=CCOC(C)=O.O=Cc1ccccc1Br. The lowest BCUT2D eigenvalue weighted by Crippen LogP contribution is -1.96. The van der Waals surface area contributed by atoms with Gasteiger partial charge in [-0.05, 0) is 24.1 Å². The molecule has 0 aliphatic rings. The third-order valence-electron chi connectivity index (χ3n) is 3.09. The van der Waals surface area contributed by atoms with Gasteiger partial charge in [-0.3, -0.25) is 9.59 Å². The number of aliphatic hydroxyl groups excluding tert-OH is 1. The van der Waals surface area contributed by atoms with Crippen LogP contribution in [0.4, 0.5) is 0 Å². The molecular weight excluding hydrogens is 488 g/mol. The first-order chi connectivity index (χ1) is 13.4. The molecule has 1 unspecified atom stereocenters. The van der Waals surface area contributed by atoms with E-state index < -0.39 is 6.10 Å². The van der Waals surface area contributed by atoms with Crippen LogP contribution in [-0.2, 0) is 9.53 Å². The smallest absolute Gasteiger partial charge is 0.302 e. The zero-order valence-electron chi connectivity index (χ0n) is 15.7. The van der Waals surface area contributed by atoms with Gasteiger partial charge >= 0.3 is 5.97 Å². The third-order valence-corrected chi connectivity index (χ3v) is 4.54. The second-order valence-electron chi connectivity index (χ2n) is 5.29. The quantitative estimate of drug-likeness (QED) is 0.291. The molecular formula is C22H24Br2O4. The molecule has 0 fully saturated rings. The van der Waals surface area contributed by atoms with Gasteiger partial charge in [0.25, 0.3) is 0 Å². The molecule has 2 aromatic rings. The van der Waals surface area contributed by atoms with Gasteiger partial charge in [0.05, 0.1) is 6.10 Å². The maximum atomic E-state index is 10.2. The molecule has 0 saturated heterocycles. The van der Waals surface area contributed by atoms with Crippen molar-refractivity contribution in [3.8, 4) is 0 Å². The Hall–Kier alpha value is -2.02. The van der Waals surface area contributed by atoms with E-state index in [9.17, 15) is 14.7 Å². The van der Waals surface area contributed by atoms with Gasteiger partial charge in [0.1, 0.15) is 6.61 Å². The number of aliphatic hydroxyl groups is 1. The summed E-state index contributed by atoms with van der Waals surface area (Å²) < 4.78 is 6.23. The van der Waals surface area contributed by atoms with Crippen molar-refractivity contribution in [3.63, 3.8) is 0 Å². The summed E-state index contributed by atoms with van der Waals surface area (Å²) in [5.74, 6) is -0.264. The molecule has 0 aromatic heterocycles.